The van der Waals surface area contributed by atoms with Gasteiger partial charge in [-0.05, 0) is 23.1 Å². The van der Waals surface area contributed by atoms with Gasteiger partial charge >= 0.3 is 0 Å². The third kappa shape index (κ3) is 3.04. The van der Waals surface area contributed by atoms with Gasteiger partial charge in [-0.25, -0.2) is 0 Å². The molecule has 0 spiro atoms. The number of hydrogen-bond donors (Lipinski definition) is 0. The highest BCUT2D eigenvalue weighted by atomic mass is 32.2. The summed E-state index contributed by atoms with van der Waals surface area (Å²) in [6, 6.07) is 8.07. The Labute approximate surface area is 101 Å². The summed E-state index contributed by atoms with van der Waals surface area (Å²) in [7, 11) is 1.68. The van der Waals surface area contributed by atoms with Crippen LogP contribution in [-0.4, -0.2) is 12.4 Å². The van der Waals surface area contributed by atoms with Crippen LogP contribution in [0.1, 0.15) is 5.56 Å². The summed E-state index contributed by atoms with van der Waals surface area (Å²) in [4.78, 5) is 0. The minimum Gasteiger partial charge on any atom is -0.497 e. The molecule has 0 aliphatic carbocycles. The van der Waals surface area contributed by atoms with Crippen molar-refractivity contribution in [2.24, 2.45) is 0 Å². The molecule has 0 N–H and O–H groups in total. The van der Waals surface area contributed by atoms with E-state index in [2.05, 4.69) is 47.9 Å². The van der Waals surface area contributed by atoms with Crippen LogP contribution in [0.4, 0.5) is 0 Å². The van der Waals surface area contributed by atoms with E-state index >= 15 is 0 Å². The van der Waals surface area contributed by atoms with Gasteiger partial charge in [0.05, 0.1) is 7.11 Å². The molecule has 2 rings (SSSR count). The first kappa shape index (κ1) is 11.1. The molecule has 1 aliphatic rings. The number of ether oxygens (including phenoxy) is 1. The lowest BCUT2D eigenvalue weighted by molar-refractivity contribution is 0.415. The fourth-order valence-electron chi connectivity index (χ4n) is 1.43. The molecule has 1 nitrogen and oxygen atoms in total. The lowest BCUT2D eigenvalue weighted by atomic mass is 10.2. The zero-order valence-corrected chi connectivity index (χ0v) is 9.98. The molecule has 1 aliphatic heterocycles. The van der Waals surface area contributed by atoms with Crippen molar-refractivity contribution in [1.82, 2.24) is 0 Å². The van der Waals surface area contributed by atoms with Gasteiger partial charge in [-0.3, -0.25) is 0 Å². The third-order valence-electron chi connectivity index (χ3n) is 2.32. The zero-order chi connectivity index (χ0) is 11.2. The van der Waals surface area contributed by atoms with E-state index in [1.807, 2.05) is 23.9 Å². The van der Waals surface area contributed by atoms with Gasteiger partial charge in [0.25, 0.3) is 0 Å². The summed E-state index contributed by atoms with van der Waals surface area (Å²) < 4.78 is 5.12. The van der Waals surface area contributed by atoms with Crippen LogP contribution in [0.3, 0.4) is 0 Å². The van der Waals surface area contributed by atoms with Gasteiger partial charge in [0.1, 0.15) is 5.75 Å². The Morgan fingerprint density at radius 2 is 2.00 bits per heavy atom. The summed E-state index contributed by atoms with van der Waals surface area (Å²) in [5.41, 5.74) is 1.20. The normalized spacial score (nSPS) is 19.2. The van der Waals surface area contributed by atoms with Crippen molar-refractivity contribution in [3.8, 4) is 5.75 Å². The van der Waals surface area contributed by atoms with E-state index in [0.717, 1.165) is 5.75 Å². The molecule has 0 radical (unpaired) electrons. The summed E-state index contributed by atoms with van der Waals surface area (Å²) >= 11 is 1.81. The Kier molecular flexibility index (Phi) is 3.89. The van der Waals surface area contributed by atoms with Crippen molar-refractivity contribution in [2.45, 2.75) is 5.25 Å². The molecule has 1 atom stereocenters. The highest BCUT2D eigenvalue weighted by molar-refractivity contribution is 8.03. The Bertz CT molecular complexity index is 415. The molecule has 0 amide bonds. The fourth-order valence-corrected chi connectivity index (χ4v) is 2.14. The summed E-state index contributed by atoms with van der Waals surface area (Å²) in [6.45, 7) is 0. The predicted molar refractivity (Wildman–Crippen MR) is 71.7 cm³/mol. The maximum atomic E-state index is 5.12. The molecule has 0 bridgehead atoms. The SMILES string of the molecule is COc1ccc(/C=C\C2C=CC=CS2)cc1. The highest BCUT2D eigenvalue weighted by Crippen LogP contribution is 2.20. The second-order valence-electron chi connectivity index (χ2n) is 3.45. The molecule has 0 fully saturated rings. The van der Waals surface area contributed by atoms with E-state index in [4.69, 9.17) is 4.74 Å². The van der Waals surface area contributed by atoms with Crippen LogP contribution in [0.15, 0.2) is 54.0 Å². The number of thioether (sulfide) groups is 1. The van der Waals surface area contributed by atoms with Crippen LogP contribution in [0.2, 0.25) is 0 Å². The van der Waals surface area contributed by atoms with Crippen LogP contribution in [0.25, 0.3) is 6.08 Å². The van der Waals surface area contributed by atoms with Crippen molar-refractivity contribution in [1.29, 1.82) is 0 Å². The van der Waals surface area contributed by atoms with Gasteiger partial charge < -0.3 is 4.74 Å². The lowest BCUT2D eigenvalue weighted by Crippen LogP contribution is -1.92. The molecule has 0 saturated heterocycles. The molecule has 1 unspecified atom stereocenters. The smallest absolute Gasteiger partial charge is 0.118 e. The molecule has 1 aromatic carbocycles. The summed E-state index contributed by atoms with van der Waals surface area (Å²) in [5.74, 6) is 0.895. The number of allylic oxidation sites excluding steroid dienone is 2. The van der Waals surface area contributed by atoms with Crippen molar-refractivity contribution >= 4 is 17.8 Å². The minimum absolute atomic E-state index is 0.451. The van der Waals surface area contributed by atoms with Crippen LogP contribution in [0, 0.1) is 0 Å². The fraction of sp³-hybridized carbons (Fsp3) is 0.143. The summed E-state index contributed by atoms with van der Waals surface area (Å²) in [5, 5.41) is 2.57. The molecule has 2 heteroatoms. The van der Waals surface area contributed by atoms with Crippen LogP contribution >= 0.6 is 11.8 Å². The van der Waals surface area contributed by atoms with Gasteiger partial charge in [-0.1, -0.05) is 42.5 Å². The van der Waals surface area contributed by atoms with Gasteiger partial charge in [0.15, 0.2) is 0 Å². The summed E-state index contributed by atoms with van der Waals surface area (Å²) in [6.07, 6.45) is 10.7. The van der Waals surface area contributed by atoms with E-state index in [1.54, 1.807) is 7.11 Å². The Morgan fingerprint density at radius 1 is 1.19 bits per heavy atom. The standard InChI is InChI=1S/C14H14OS/c1-15-13-8-5-12(6-9-13)7-10-14-4-2-3-11-16-14/h2-11,14H,1H3/b10-7-. The van der Waals surface area contributed by atoms with Crippen molar-refractivity contribution < 1.29 is 4.74 Å². The topological polar surface area (TPSA) is 9.23 Å². The van der Waals surface area contributed by atoms with Crippen molar-refractivity contribution in [3.05, 3.63) is 59.5 Å². The minimum atomic E-state index is 0.451. The number of benzene rings is 1. The number of methoxy groups -OCH3 is 1. The second kappa shape index (κ2) is 5.61. The molecule has 82 valence electrons. The van der Waals surface area contributed by atoms with Crippen molar-refractivity contribution in [2.75, 3.05) is 7.11 Å². The van der Waals surface area contributed by atoms with Gasteiger partial charge in [0, 0.05) is 5.25 Å². The first-order chi connectivity index (χ1) is 7.88. The first-order valence-corrected chi connectivity index (χ1v) is 6.14. The van der Waals surface area contributed by atoms with Gasteiger partial charge in [-0.2, -0.15) is 0 Å². The van der Waals surface area contributed by atoms with E-state index in [0.29, 0.717) is 5.25 Å². The Balaban J connectivity index is 2.00. The molecule has 16 heavy (non-hydrogen) atoms. The van der Waals surface area contributed by atoms with Crippen molar-refractivity contribution in [3.63, 3.8) is 0 Å². The maximum Gasteiger partial charge on any atom is 0.118 e. The Hall–Kier alpha value is -1.41. The monoisotopic (exact) mass is 230 g/mol. The number of rotatable bonds is 3. The first-order valence-electron chi connectivity index (χ1n) is 5.19. The highest BCUT2D eigenvalue weighted by Gasteiger charge is 2.00. The zero-order valence-electron chi connectivity index (χ0n) is 9.17. The average molecular weight is 230 g/mol. The quantitative estimate of drug-likeness (QED) is 0.779. The maximum absolute atomic E-state index is 5.12. The van der Waals surface area contributed by atoms with E-state index in [1.165, 1.54) is 5.56 Å². The third-order valence-corrected chi connectivity index (χ3v) is 3.26. The van der Waals surface area contributed by atoms with Crippen LogP contribution < -0.4 is 4.74 Å². The largest absolute Gasteiger partial charge is 0.497 e. The van der Waals surface area contributed by atoms with Gasteiger partial charge in [-0.15, -0.1) is 11.8 Å². The van der Waals surface area contributed by atoms with Crippen LogP contribution in [-0.2, 0) is 0 Å². The van der Waals surface area contributed by atoms with E-state index < -0.39 is 0 Å². The predicted octanol–water partition coefficient (Wildman–Crippen LogP) is 3.89. The second-order valence-corrected chi connectivity index (χ2v) is 4.54. The number of hydrogen-bond acceptors (Lipinski definition) is 2. The molecule has 1 heterocycles. The van der Waals surface area contributed by atoms with E-state index in [9.17, 15) is 0 Å². The van der Waals surface area contributed by atoms with E-state index in [-0.39, 0.29) is 0 Å². The molecular weight excluding hydrogens is 216 g/mol. The molecule has 0 saturated carbocycles. The van der Waals surface area contributed by atoms with Gasteiger partial charge in [0.2, 0.25) is 0 Å². The molecule has 1 aromatic rings. The lowest BCUT2D eigenvalue weighted by Gasteiger charge is -2.06. The molecule has 0 aromatic heterocycles. The van der Waals surface area contributed by atoms with Crippen LogP contribution in [0.5, 0.6) is 5.75 Å². The molecular formula is C14H14OS. The average Bonchev–Trinajstić information content (AvgIpc) is 2.38. The Morgan fingerprint density at radius 3 is 2.62 bits per heavy atom.